The molecule has 1 amide bonds. The van der Waals surface area contributed by atoms with E-state index in [0.29, 0.717) is 11.0 Å². The van der Waals surface area contributed by atoms with Crippen LogP contribution in [0, 0.1) is 11.3 Å². The van der Waals surface area contributed by atoms with Gasteiger partial charge in [-0.25, -0.2) is 0 Å². The summed E-state index contributed by atoms with van der Waals surface area (Å²) in [5.41, 5.74) is -2.51. The van der Waals surface area contributed by atoms with Gasteiger partial charge in [0.1, 0.15) is 12.6 Å². The lowest BCUT2D eigenvalue weighted by Gasteiger charge is -2.33. The molecule has 0 N–H and O–H groups in total. The Bertz CT molecular complexity index is 693. The van der Waals surface area contributed by atoms with Crippen LogP contribution >= 0.6 is 0 Å². The SMILES string of the molecule is CCN(C)C(=O)[C@H](C)N(CC(F)(F)F)c1ccc(C#N)c(C(F)(F)F)c1. The van der Waals surface area contributed by atoms with Crippen molar-refractivity contribution in [3.05, 3.63) is 29.3 Å². The van der Waals surface area contributed by atoms with E-state index >= 15 is 0 Å². The minimum atomic E-state index is -4.92. The Balaban J connectivity index is 3.44. The van der Waals surface area contributed by atoms with Crippen LogP contribution in [-0.4, -0.2) is 43.2 Å². The van der Waals surface area contributed by atoms with Crippen LogP contribution in [0.15, 0.2) is 18.2 Å². The van der Waals surface area contributed by atoms with Crippen molar-refractivity contribution in [3.8, 4) is 6.07 Å². The molecule has 26 heavy (non-hydrogen) atoms. The summed E-state index contributed by atoms with van der Waals surface area (Å²) in [7, 11) is 1.38. The molecule has 0 radical (unpaired) electrons. The van der Waals surface area contributed by atoms with Crippen LogP contribution in [0.25, 0.3) is 0 Å². The van der Waals surface area contributed by atoms with Crippen LogP contribution in [0.1, 0.15) is 25.0 Å². The fourth-order valence-corrected chi connectivity index (χ4v) is 2.30. The lowest BCUT2D eigenvalue weighted by molar-refractivity contribution is -0.137. The molecule has 1 aromatic carbocycles. The zero-order chi connectivity index (χ0) is 20.3. The molecule has 0 spiro atoms. The van der Waals surface area contributed by atoms with E-state index in [9.17, 15) is 31.1 Å². The van der Waals surface area contributed by atoms with Crippen LogP contribution in [-0.2, 0) is 11.0 Å². The smallest absolute Gasteiger partial charge is 0.351 e. The molecular formula is C16H17F6N3O. The number of carbonyl (C=O) groups excluding carboxylic acids is 1. The Morgan fingerprint density at radius 1 is 1.23 bits per heavy atom. The summed E-state index contributed by atoms with van der Waals surface area (Å²) in [6, 6.07) is 2.23. The zero-order valence-corrected chi connectivity index (χ0v) is 14.2. The molecule has 0 bridgehead atoms. The van der Waals surface area contributed by atoms with Gasteiger partial charge in [0.2, 0.25) is 5.91 Å². The fraction of sp³-hybridized carbons (Fsp3) is 0.500. The van der Waals surface area contributed by atoms with Gasteiger partial charge in [-0.05, 0) is 32.0 Å². The van der Waals surface area contributed by atoms with E-state index in [2.05, 4.69) is 0 Å². The first-order valence-electron chi connectivity index (χ1n) is 7.51. The van der Waals surface area contributed by atoms with E-state index in [4.69, 9.17) is 5.26 Å². The third-order valence-corrected chi connectivity index (χ3v) is 3.79. The van der Waals surface area contributed by atoms with Crippen LogP contribution in [0.2, 0.25) is 0 Å². The Morgan fingerprint density at radius 3 is 2.23 bits per heavy atom. The summed E-state index contributed by atoms with van der Waals surface area (Å²) in [5, 5.41) is 8.80. The van der Waals surface area contributed by atoms with Crippen LogP contribution < -0.4 is 4.90 Å². The average Bonchev–Trinajstić information content (AvgIpc) is 2.55. The van der Waals surface area contributed by atoms with Crippen LogP contribution in [0.4, 0.5) is 32.0 Å². The summed E-state index contributed by atoms with van der Waals surface area (Å²) in [6.45, 7) is 1.42. The van der Waals surface area contributed by atoms with Crippen LogP contribution in [0.5, 0.6) is 0 Å². The second-order valence-corrected chi connectivity index (χ2v) is 5.61. The molecule has 4 nitrogen and oxygen atoms in total. The molecule has 0 heterocycles. The minimum Gasteiger partial charge on any atom is -0.351 e. The maximum Gasteiger partial charge on any atom is 0.417 e. The van der Waals surface area contributed by atoms with Gasteiger partial charge in [-0.3, -0.25) is 4.79 Å². The van der Waals surface area contributed by atoms with Crippen molar-refractivity contribution in [2.45, 2.75) is 32.2 Å². The molecule has 0 saturated carbocycles. The Labute approximate surface area is 146 Å². The van der Waals surface area contributed by atoms with Gasteiger partial charge in [-0.2, -0.15) is 31.6 Å². The van der Waals surface area contributed by atoms with Crippen LogP contribution in [0.3, 0.4) is 0 Å². The van der Waals surface area contributed by atoms with Crippen molar-refractivity contribution < 1.29 is 31.1 Å². The number of halogens is 6. The van der Waals surface area contributed by atoms with E-state index in [1.54, 1.807) is 6.92 Å². The van der Waals surface area contributed by atoms with Gasteiger partial charge in [-0.15, -0.1) is 0 Å². The summed E-state index contributed by atoms with van der Waals surface area (Å²) in [5.74, 6) is -0.672. The summed E-state index contributed by atoms with van der Waals surface area (Å²) in [6.07, 6.45) is -9.66. The molecule has 10 heteroatoms. The molecule has 144 valence electrons. The quantitative estimate of drug-likeness (QED) is 0.729. The topological polar surface area (TPSA) is 47.3 Å². The number of amides is 1. The third kappa shape index (κ3) is 5.28. The summed E-state index contributed by atoms with van der Waals surface area (Å²) < 4.78 is 78.1. The number of likely N-dealkylation sites (N-methyl/N-ethyl adjacent to an activating group) is 1. The van der Waals surface area contributed by atoms with Crippen molar-refractivity contribution in [3.63, 3.8) is 0 Å². The van der Waals surface area contributed by atoms with Gasteiger partial charge in [0.05, 0.1) is 17.2 Å². The number of hydrogen-bond donors (Lipinski definition) is 0. The maximum absolute atomic E-state index is 13.1. The highest BCUT2D eigenvalue weighted by Crippen LogP contribution is 2.35. The number of carbonyl (C=O) groups is 1. The summed E-state index contributed by atoms with van der Waals surface area (Å²) in [4.78, 5) is 13.9. The Hall–Kier alpha value is -2.44. The first-order valence-corrected chi connectivity index (χ1v) is 7.51. The number of hydrogen-bond acceptors (Lipinski definition) is 3. The Morgan fingerprint density at radius 2 is 1.81 bits per heavy atom. The molecule has 1 atom stereocenters. The minimum absolute atomic E-state index is 0.226. The van der Waals surface area contributed by atoms with Gasteiger partial charge in [-0.1, -0.05) is 0 Å². The largest absolute Gasteiger partial charge is 0.417 e. The van der Waals surface area contributed by atoms with E-state index in [1.807, 2.05) is 0 Å². The predicted molar refractivity (Wildman–Crippen MR) is 82.3 cm³/mol. The molecule has 0 saturated heterocycles. The van der Waals surface area contributed by atoms with Gasteiger partial charge in [0, 0.05) is 19.3 Å². The fourth-order valence-electron chi connectivity index (χ4n) is 2.30. The molecular weight excluding hydrogens is 364 g/mol. The highest BCUT2D eigenvalue weighted by atomic mass is 19.4. The number of nitriles is 1. The van der Waals surface area contributed by atoms with E-state index in [0.717, 1.165) is 12.1 Å². The summed E-state index contributed by atoms with van der Waals surface area (Å²) >= 11 is 0. The number of benzene rings is 1. The Kier molecular flexibility index (Phi) is 6.52. The number of alkyl halides is 6. The normalized spacial score (nSPS) is 13.1. The molecule has 0 unspecified atom stereocenters. The predicted octanol–water partition coefficient (Wildman–Crippen LogP) is 3.81. The van der Waals surface area contributed by atoms with Crippen molar-refractivity contribution in [1.82, 2.24) is 4.90 Å². The molecule has 0 aliphatic rings. The monoisotopic (exact) mass is 381 g/mol. The van der Waals surface area contributed by atoms with E-state index in [-0.39, 0.29) is 6.54 Å². The van der Waals surface area contributed by atoms with Crippen molar-refractivity contribution in [2.75, 3.05) is 25.0 Å². The molecule has 0 fully saturated rings. The molecule has 0 aromatic heterocycles. The maximum atomic E-state index is 13.1. The zero-order valence-electron chi connectivity index (χ0n) is 14.2. The molecule has 0 aliphatic carbocycles. The second kappa shape index (κ2) is 7.85. The highest BCUT2D eigenvalue weighted by Gasteiger charge is 2.38. The lowest BCUT2D eigenvalue weighted by Crippen LogP contribution is -2.49. The highest BCUT2D eigenvalue weighted by molar-refractivity contribution is 5.85. The van der Waals surface area contributed by atoms with Gasteiger partial charge in [0.25, 0.3) is 0 Å². The molecule has 1 aromatic rings. The number of anilines is 1. The van der Waals surface area contributed by atoms with Crippen molar-refractivity contribution >= 4 is 11.6 Å². The lowest BCUT2D eigenvalue weighted by atomic mass is 10.1. The van der Waals surface area contributed by atoms with Gasteiger partial charge < -0.3 is 9.80 Å². The van der Waals surface area contributed by atoms with Gasteiger partial charge in [0.15, 0.2) is 0 Å². The molecule has 1 rings (SSSR count). The first kappa shape index (κ1) is 21.6. The van der Waals surface area contributed by atoms with Crippen molar-refractivity contribution in [2.24, 2.45) is 0 Å². The van der Waals surface area contributed by atoms with E-state index in [1.165, 1.54) is 24.9 Å². The average molecular weight is 381 g/mol. The third-order valence-electron chi connectivity index (χ3n) is 3.79. The van der Waals surface area contributed by atoms with Gasteiger partial charge >= 0.3 is 12.4 Å². The van der Waals surface area contributed by atoms with Crippen molar-refractivity contribution in [1.29, 1.82) is 5.26 Å². The first-order chi connectivity index (χ1) is 11.8. The van der Waals surface area contributed by atoms with E-state index < -0.39 is 47.7 Å². The second-order valence-electron chi connectivity index (χ2n) is 5.61. The number of nitrogens with zero attached hydrogens (tertiary/aromatic N) is 3. The molecule has 0 aliphatic heterocycles. The standard InChI is InChI=1S/C16H17F6N3O/c1-4-24(3)14(26)10(2)25(9-15(17,18)19)12-6-5-11(8-23)13(7-12)16(20,21)22/h5-7,10H,4,9H2,1-3H3/t10-/m0/s1. The number of rotatable bonds is 5.